The van der Waals surface area contributed by atoms with Gasteiger partial charge in [-0.15, -0.1) is 0 Å². The van der Waals surface area contributed by atoms with E-state index in [0.29, 0.717) is 71.8 Å². The number of benzene rings is 3. The predicted molar refractivity (Wildman–Crippen MR) is 212 cm³/mol. The molecule has 286 valence electrons. The summed E-state index contributed by atoms with van der Waals surface area (Å²) < 4.78 is 37.7. The smallest absolute Gasteiger partial charge is 0.248 e. The van der Waals surface area contributed by atoms with E-state index in [4.69, 9.17) is 28.4 Å². The van der Waals surface area contributed by atoms with E-state index in [9.17, 15) is 4.79 Å². The Morgan fingerprint density at radius 2 is 1.65 bits per heavy atom. The number of rotatable bonds is 5. The third-order valence-electron chi connectivity index (χ3n) is 11.3. The molecule has 7 bridgehead atoms. The highest BCUT2D eigenvalue weighted by atomic mass is 16.5. The van der Waals surface area contributed by atoms with Crippen molar-refractivity contribution < 1.29 is 33.2 Å². The Balaban J connectivity index is 1.37. The summed E-state index contributed by atoms with van der Waals surface area (Å²) in [5, 5.41) is 4.07. The standard InChI is InChI=1S/C45H49N3O7/c1-46-23-10-9-13-37(50-2)38-21-18-33(46)17-14-29-15-19-34(20-16-29)54-40-27-32-25-36-42-31(26-41(52-4)43(53-5)44(42)55-38)22-24-47(36)48(35(32)28-39(40)51-3)45(49)30-11-7-6-8-12-30/h6-9,11,13,15-16,18-21,26-28,30,33,36H,10,12,14,17,22-25H2,1-5H3/b13-9+,21-18+,38-37-/t30?,33-,36-/m0/s1. The molecule has 3 atom stereocenters. The van der Waals surface area contributed by atoms with Crippen molar-refractivity contribution in [3.63, 3.8) is 0 Å². The summed E-state index contributed by atoms with van der Waals surface area (Å²) in [6.07, 6.45) is 20.8. The van der Waals surface area contributed by atoms with Crippen LogP contribution in [0.15, 0.2) is 103 Å². The zero-order valence-electron chi connectivity index (χ0n) is 32.2. The lowest BCUT2D eigenvalue weighted by Crippen LogP contribution is -2.56. The number of likely N-dealkylation sites (N-methyl/N-ethyl adjacent to an activating group) is 1. The molecule has 5 aliphatic heterocycles. The molecule has 5 heterocycles. The van der Waals surface area contributed by atoms with Gasteiger partial charge in [-0.3, -0.25) is 9.69 Å². The maximum Gasteiger partial charge on any atom is 0.248 e. The third kappa shape index (κ3) is 7.00. The van der Waals surface area contributed by atoms with Crippen LogP contribution in [0.5, 0.6) is 34.5 Å². The minimum atomic E-state index is -0.325. The summed E-state index contributed by atoms with van der Waals surface area (Å²) in [4.78, 5) is 17.2. The molecule has 1 amide bonds. The van der Waals surface area contributed by atoms with Crippen LogP contribution in [0.4, 0.5) is 5.69 Å². The second kappa shape index (κ2) is 15.7. The monoisotopic (exact) mass is 743 g/mol. The quantitative estimate of drug-likeness (QED) is 0.258. The van der Waals surface area contributed by atoms with E-state index < -0.39 is 0 Å². The number of hydrogen-bond donors (Lipinski definition) is 0. The van der Waals surface area contributed by atoms with E-state index in [1.807, 2.05) is 65.7 Å². The number of fused-ring (bicyclic) bond motifs is 3. The number of hydrogen-bond acceptors (Lipinski definition) is 9. The minimum absolute atomic E-state index is 0.0115. The highest BCUT2D eigenvalue weighted by Gasteiger charge is 2.44. The number of amides is 1. The molecule has 0 saturated carbocycles. The van der Waals surface area contributed by atoms with E-state index in [1.54, 1.807) is 28.4 Å². The van der Waals surface area contributed by atoms with Crippen LogP contribution >= 0.6 is 0 Å². The first-order valence-electron chi connectivity index (χ1n) is 19.1. The van der Waals surface area contributed by atoms with Crippen molar-refractivity contribution in [2.24, 2.45) is 5.92 Å². The van der Waals surface area contributed by atoms with Crippen LogP contribution in [0.25, 0.3) is 0 Å². The highest BCUT2D eigenvalue weighted by molar-refractivity contribution is 5.97. The topological polar surface area (TPSA) is 82.2 Å². The van der Waals surface area contributed by atoms with Crippen molar-refractivity contribution in [1.29, 1.82) is 0 Å². The number of ether oxygens (including phenoxy) is 6. The molecule has 10 heteroatoms. The molecule has 3 aromatic carbocycles. The second-order valence-electron chi connectivity index (χ2n) is 14.5. The van der Waals surface area contributed by atoms with Crippen molar-refractivity contribution in [1.82, 2.24) is 9.91 Å². The fraction of sp³-hybridized carbons (Fsp3) is 0.356. The van der Waals surface area contributed by atoms with Gasteiger partial charge in [-0.05, 0) is 98.7 Å². The molecule has 0 spiro atoms. The van der Waals surface area contributed by atoms with E-state index in [1.165, 1.54) is 5.56 Å². The number of methoxy groups -OCH3 is 4. The first-order chi connectivity index (χ1) is 26.9. The average molecular weight is 744 g/mol. The van der Waals surface area contributed by atoms with E-state index in [-0.39, 0.29) is 23.9 Å². The van der Waals surface area contributed by atoms with Gasteiger partial charge in [-0.25, -0.2) is 10.0 Å². The Morgan fingerprint density at radius 1 is 0.818 bits per heavy atom. The fourth-order valence-corrected chi connectivity index (χ4v) is 8.38. The van der Waals surface area contributed by atoms with Crippen LogP contribution in [0.3, 0.4) is 0 Å². The van der Waals surface area contributed by atoms with Crippen LogP contribution < -0.4 is 28.7 Å². The Kier molecular flexibility index (Phi) is 10.4. The summed E-state index contributed by atoms with van der Waals surface area (Å²) in [5.74, 6) is 4.25. The van der Waals surface area contributed by atoms with Gasteiger partial charge in [0.25, 0.3) is 0 Å². The number of carbonyl (C=O) groups is 1. The number of anilines is 1. The zero-order chi connectivity index (χ0) is 38.1. The third-order valence-corrected chi connectivity index (χ3v) is 11.3. The van der Waals surface area contributed by atoms with Gasteiger partial charge in [0.1, 0.15) is 5.75 Å². The lowest BCUT2D eigenvalue weighted by molar-refractivity contribution is -0.125. The maximum absolute atomic E-state index is 14.8. The van der Waals surface area contributed by atoms with Crippen molar-refractivity contribution in [3.05, 3.63) is 125 Å². The summed E-state index contributed by atoms with van der Waals surface area (Å²) in [6.45, 7) is 1.49. The lowest BCUT2D eigenvalue weighted by atomic mass is 9.85. The van der Waals surface area contributed by atoms with E-state index in [0.717, 1.165) is 48.2 Å². The van der Waals surface area contributed by atoms with E-state index in [2.05, 4.69) is 47.3 Å². The van der Waals surface area contributed by atoms with Gasteiger partial charge in [0.15, 0.2) is 34.5 Å². The minimum Gasteiger partial charge on any atom is -0.493 e. The van der Waals surface area contributed by atoms with Crippen molar-refractivity contribution in [3.8, 4) is 34.5 Å². The van der Waals surface area contributed by atoms with Gasteiger partial charge < -0.3 is 28.4 Å². The molecule has 0 fully saturated rings. The Bertz CT molecular complexity index is 2100. The molecular formula is C45H49N3O7. The molecular weight excluding hydrogens is 695 g/mol. The Labute approximate surface area is 323 Å². The molecule has 6 aliphatic rings. The molecule has 0 radical (unpaired) electrons. The molecule has 1 aliphatic carbocycles. The first kappa shape index (κ1) is 36.5. The van der Waals surface area contributed by atoms with Crippen LogP contribution in [0.1, 0.15) is 47.6 Å². The molecule has 9 rings (SSSR count). The number of carbonyl (C=O) groups excluding carboxylic acids is 1. The molecule has 3 aromatic rings. The highest BCUT2D eigenvalue weighted by Crippen LogP contribution is 2.53. The lowest BCUT2D eigenvalue weighted by Gasteiger charge is -2.49. The van der Waals surface area contributed by atoms with Gasteiger partial charge in [-0.1, -0.05) is 48.6 Å². The Hall–Kier alpha value is -5.45. The van der Waals surface area contributed by atoms with Crippen LogP contribution in [-0.2, 0) is 28.8 Å². The second-order valence-corrected chi connectivity index (χ2v) is 14.5. The van der Waals surface area contributed by atoms with Gasteiger partial charge in [0, 0.05) is 30.8 Å². The summed E-state index contributed by atoms with van der Waals surface area (Å²) in [7, 11) is 8.75. The Morgan fingerprint density at radius 3 is 2.40 bits per heavy atom. The predicted octanol–water partition coefficient (Wildman–Crippen LogP) is 8.04. The normalized spacial score (nSPS) is 24.5. The SMILES string of the molecule is COC1=C2/C=C/[C@H](CCc3ccc(cc3)Oc3cc4c(cc3OC)N(C(=O)C3C=CC=CC3)N3CCc5cc(OC)c(OC)c(c5[C@@H]3C4)O2)N(C)CC\C=C\1. The molecule has 10 nitrogen and oxygen atoms in total. The van der Waals surface area contributed by atoms with Gasteiger partial charge in [-0.2, -0.15) is 0 Å². The maximum atomic E-state index is 14.8. The molecule has 55 heavy (non-hydrogen) atoms. The van der Waals surface area contributed by atoms with Crippen LogP contribution in [0, 0.1) is 5.92 Å². The number of aryl methyl sites for hydroxylation is 1. The summed E-state index contributed by atoms with van der Waals surface area (Å²) in [6, 6.07) is 14.1. The van der Waals surface area contributed by atoms with Crippen LogP contribution in [0.2, 0.25) is 0 Å². The molecule has 1 unspecified atom stereocenters. The first-order valence-corrected chi connectivity index (χ1v) is 19.1. The van der Waals surface area contributed by atoms with Gasteiger partial charge in [0.05, 0.1) is 46.1 Å². The van der Waals surface area contributed by atoms with Crippen molar-refractivity contribution in [2.75, 3.05) is 53.6 Å². The van der Waals surface area contributed by atoms with E-state index >= 15 is 0 Å². The zero-order valence-corrected chi connectivity index (χ0v) is 32.2. The molecule has 0 aromatic heterocycles. The van der Waals surface area contributed by atoms with Gasteiger partial charge in [0.2, 0.25) is 11.7 Å². The van der Waals surface area contributed by atoms with Gasteiger partial charge >= 0.3 is 0 Å². The number of nitrogens with zero attached hydrogens (tertiary/aromatic N) is 3. The van der Waals surface area contributed by atoms with Crippen LogP contribution in [-0.4, -0.2) is 70.4 Å². The van der Waals surface area contributed by atoms with Crippen molar-refractivity contribution in [2.45, 2.75) is 50.6 Å². The number of allylic oxidation sites excluding steroid dienone is 5. The summed E-state index contributed by atoms with van der Waals surface area (Å²) >= 11 is 0. The molecule has 0 saturated heterocycles. The molecule has 0 N–H and O–H groups in total. The summed E-state index contributed by atoms with van der Waals surface area (Å²) in [5.41, 5.74) is 4.95. The largest absolute Gasteiger partial charge is 0.493 e. The average Bonchev–Trinajstić information content (AvgIpc) is 3.22. The number of hydrazine groups is 1. The van der Waals surface area contributed by atoms with Crippen molar-refractivity contribution >= 4 is 11.6 Å². The fourth-order valence-electron chi connectivity index (χ4n) is 8.38.